The van der Waals surface area contributed by atoms with E-state index in [4.69, 9.17) is 11.6 Å². The Kier molecular flexibility index (Phi) is 3.26. The minimum atomic E-state index is -0.670. The molecule has 0 unspecified atom stereocenters. The average molecular weight is 284 g/mol. The van der Waals surface area contributed by atoms with Gasteiger partial charge in [0.15, 0.2) is 5.82 Å². The number of hydrogen-bond donors (Lipinski definition) is 0. The third kappa shape index (κ3) is 2.01. The summed E-state index contributed by atoms with van der Waals surface area (Å²) in [5, 5.41) is 0. The highest BCUT2D eigenvalue weighted by atomic mass is 35.5. The summed E-state index contributed by atoms with van der Waals surface area (Å²) in [6.45, 7) is 1.58. The Morgan fingerprint density at radius 1 is 1.33 bits per heavy atom. The van der Waals surface area contributed by atoms with Crippen LogP contribution < -0.4 is 4.90 Å². The van der Waals surface area contributed by atoms with Crippen molar-refractivity contribution in [1.82, 2.24) is 9.38 Å². The summed E-state index contributed by atoms with van der Waals surface area (Å²) in [7, 11) is -0.670. The fourth-order valence-corrected chi connectivity index (χ4v) is 3.56. The van der Waals surface area contributed by atoms with Crippen LogP contribution in [0.15, 0.2) is 24.4 Å². The molecule has 0 spiro atoms. The van der Waals surface area contributed by atoms with Gasteiger partial charge in [-0.1, -0.05) is 6.07 Å². The van der Waals surface area contributed by atoms with Crippen LogP contribution in [0.25, 0.3) is 5.65 Å². The predicted octanol–water partition coefficient (Wildman–Crippen LogP) is 1.64. The molecule has 0 amide bonds. The highest BCUT2D eigenvalue weighted by Gasteiger charge is 2.21. The summed E-state index contributed by atoms with van der Waals surface area (Å²) < 4.78 is 13.4. The highest BCUT2D eigenvalue weighted by Crippen LogP contribution is 2.24. The number of halogens is 1. The largest absolute Gasteiger partial charge is 0.353 e. The van der Waals surface area contributed by atoms with Gasteiger partial charge in [-0.25, -0.2) is 4.98 Å². The molecule has 4 nitrogen and oxygen atoms in total. The van der Waals surface area contributed by atoms with Gasteiger partial charge >= 0.3 is 0 Å². The highest BCUT2D eigenvalue weighted by molar-refractivity contribution is 7.85. The van der Waals surface area contributed by atoms with Crippen molar-refractivity contribution in [2.24, 2.45) is 0 Å². The second kappa shape index (κ2) is 4.90. The first kappa shape index (κ1) is 12.0. The second-order valence-corrected chi connectivity index (χ2v) is 6.24. The van der Waals surface area contributed by atoms with Gasteiger partial charge in [0.2, 0.25) is 0 Å². The maximum atomic E-state index is 11.4. The van der Waals surface area contributed by atoms with E-state index in [0.29, 0.717) is 5.88 Å². The fourth-order valence-electron chi connectivity index (χ4n) is 2.26. The number of rotatable bonds is 2. The Labute approximate surface area is 113 Å². The van der Waals surface area contributed by atoms with Crippen molar-refractivity contribution in [3.05, 3.63) is 30.1 Å². The molecule has 0 radical (unpaired) electrons. The normalized spacial score (nSPS) is 17.5. The molecule has 0 aromatic carbocycles. The number of aromatic nitrogens is 2. The summed E-state index contributed by atoms with van der Waals surface area (Å²) in [4.78, 5) is 6.82. The number of anilines is 1. The molecule has 18 heavy (non-hydrogen) atoms. The molecule has 0 bridgehead atoms. The molecule has 0 aliphatic carbocycles. The van der Waals surface area contributed by atoms with Gasteiger partial charge in [0, 0.05) is 41.6 Å². The molecule has 0 atom stereocenters. The zero-order valence-electron chi connectivity index (χ0n) is 9.88. The van der Waals surface area contributed by atoms with E-state index in [2.05, 4.69) is 9.88 Å². The van der Waals surface area contributed by atoms with Gasteiger partial charge < -0.3 is 9.30 Å². The van der Waals surface area contributed by atoms with E-state index in [1.54, 1.807) is 0 Å². The number of imidazole rings is 1. The van der Waals surface area contributed by atoms with Crippen LogP contribution >= 0.6 is 11.6 Å². The molecular formula is C12H14ClN3OS. The SMILES string of the molecule is O=S1CCN(c2nc3ccccn3c2CCl)CC1. The van der Waals surface area contributed by atoms with Crippen LogP contribution in [0, 0.1) is 0 Å². The smallest absolute Gasteiger partial charge is 0.152 e. The van der Waals surface area contributed by atoms with Gasteiger partial charge in [0.25, 0.3) is 0 Å². The average Bonchev–Trinajstić information content (AvgIpc) is 2.78. The van der Waals surface area contributed by atoms with Crippen molar-refractivity contribution >= 4 is 33.9 Å². The lowest BCUT2D eigenvalue weighted by atomic mass is 10.4. The maximum Gasteiger partial charge on any atom is 0.152 e. The molecule has 3 heterocycles. The van der Waals surface area contributed by atoms with Crippen molar-refractivity contribution in [2.45, 2.75) is 5.88 Å². The topological polar surface area (TPSA) is 37.6 Å². The zero-order chi connectivity index (χ0) is 12.5. The van der Waals surface area contributed by atoms with E-state index in [1.807, 2.05) is 28.8 Å². The van der Waals surface area contributed by atoms with Gasteiger partial charge in [-0.15, -0.1) is 11.6 Å². The van der Waals surface area contributed by atoms with Gasteiger partial charge in [-0.05, 0) is 12.1 Å². The Morgan fingerprint density at radius 2 is 2.11 bits per heavy atom. The molecule has 96 valence electrons. The molecular weight excluding hydrogens is 270 g/mol. The molecule has 1 fully saturated rings. The van der Waals surface area contributed by atoms with Gasteiger partial charge in [0.05, 0.1) is 11.6 Å². The predicted molar refractivity (Wildman–Crippen MR) is 74.8 cm³/mol. The Morgan fingerprint density at radius 3 is 2.83 bits per heavy atom. The van der Waals surface area contributed by atoms with E-state index in [-0.39, 0.29) is 0 Å². The monoisotopic (exact) mass is 283 g/mol. The van der Waals surface area contributed by atoms with E-state index in [1.165, 1.54) is 0 Å². The van der Waals surface area contributed by atoms with E-state index in [9.17, 15) is 4.21 Å². The molecule has 1 saturated heterocycles. The first-order chi connectivity index (χ1) is 8.79. The van der Waals surface area contributed by atoms with Crippen LogP contribution in [0.5, 0.6) is 0 Å². The van der Waals surface area contributed by atoms with Crippen molar-refractivity contribution in [3.63, 3.8) is 0 Å². The van der Waals surface area contributed by atoms with Crippen molar-refractivity contribution in [2.75, 3.05) is 29.5 Å². The lowest BCUT2D eigenvalue weighted by Gasteiger charge is -2.27. The standard InChI is InChI=1S/C12H14ClN3OS/c13-9-10-12(15-5-7-18(17)8-6-15)14-11-3-1-2-4-16(10)11/h1-4H,5-9H2. The first-order valence-electron chi connectivity index (χ1n) is 5.91. The third-order valence-corrected chi connectivity index (χ3v) is 4.74. The Balaban J connectivity index is 2.03. The maximum absolute atomic E-state index is 11.4. The van der Waals surface area contributed by atoms with Crippen molar-refractivity contribution < 1.29 is 4.21 Å². The number of hydrogen-bond acceptors (Lipinski definition) is 3. The lowest BCUT2D eigenvalue weighted by Crippen LogP contribution is -2.38. The van der Waals surface area contributed by atoms with Crippen molar-refractivity contribution in [1.29, 1.82) is 0 Å². The quantitative estimate of drug-likeness (QED) is 0.787. The van der Waals surface area contributed by atoms with Crippen LogP contribution in [0.1, 0.15) is 5.69 Å². The van der Waals surface area contributed by atoms with Gasteiger partial charge in [-0.2, -0.15) is 0 Å². The Bertz CT molecular complexity index is 588. The minimum Gasteiger partial charge on any atom is -0.353 e. The minimum absolute atomic E-state index is 0.431. The van der Waals surface area contributed by atoms with E-state index in [0.717, 1.165) is 41.8 Å². The summed E-state index contributed by atoms with van der Waals surface area (Å²) in [6, 6.07) is 5.91. The molecule has 3 rings (SSSR count). The zero-order valence-corrected chi connectivity index (χ0v) is 11.5. The van der Waals surface area contributed by atoms with Crippen LogP contribution in [0.2, 0.25) is 0 Å². The molecule has 2 aromatic rings. The van der Waals surface area contributed by atoms with E-state index < -0.39 is 10.8 Å². The summed E-state index contributed by atoms with van der Waals surface area (Å²) in [6.07, 6.45) is 1.98. The van der Waals surface area contributed by atoms with Gasteiger partial charge in [0.1, 0.15) is 5.65 Å². The molecule has 2 aromatic heterocycles. The summed E-state index contributed by atoms with van der Waals surface area (Å²) in [5.74, 6) is 2.80. The van der Waals surface area contributed by atoms with Crippen molar-refractivity contribution in [3.8, 4) is 0 Å². The number of alkyl halides is 1. The van der Waals surface area contributed by atoms with E-state index >= 15 is 0 Å². The number of nitrogens with zero attached hydrogens (tertiary/aromatic N) is 3. The Hall–Kier alpha value is -1.07. The van der Waals surface area contributed by atoms with Crippen LogP contribution in [-0.4, -0.2) is 38.2 Å². The van der Waals surface area contributed by atoms with Crippen LogP contribution in [-0.2, 0) is 16.7 Å². The molecule has 1 aliphatic rings. The second-order valence-electron chi connectivity index (χ2n) is 4.28. The van der Waals surface area contributed by atoms with Gasteiger partial charge in [-0.3, -0.25) is 4.21 Å². The number of fused-ring (bicyclic) bond motifs is 1. The fraction of sp³-hybridized carbons (Fsp3) is 0.417. The number of pyridine rings is 1. The lowest BCUT2D eigenvalue weighted by molar-refractivity contribution is 0.672. The third-order valence-electron chi connectivity index (χ3n) is 3.21. The molecule has 0 saturated carbocycles. The first-order valence-corrected chi connectivity index (χ1v) is 7.93. The van der Waals surface area contributed by atoms with Crippen LogP contribution in [0.4, 0.5) is 5.82 Å². The summed E-state index contributed by atoms with van der Waals surface area (Å²) >= 11 is 6.05. The molecule has 6 heteroatoms. The summed E-state index contributed by atoms with van der Waals surface area (Å²) in [5.41, 5.74) is 1.93. The van der Waals surface area contributed by atoms with Crippen LogP contribution in [0.3, 0.4) is 0 Å². The molecule has 1 aliphatic heterocycles. The molecule has 0 N–H and O–H groups in total.